The Bertz CT molecular complexity index is 268. The Morgan fingerprint density at radius 1 is 1.33 bits per heavy atom. The standard InChI is InChI=1S/C12H23N3/c1-3-5-6-7-8-11(13)12-9-10-14-15(12)4-2/h9-11H,3-8,13H2,1-2H3. The number of hydrogen-bond donors (Lipinski definition) is 1. The number of hydrogen-bond acceptors (Lipinski definition) is 2. The van der Waals surface area contributed by atoms with Crippen LogP contribution in [0.15, 0.2) is 12.3 Å². The molecule has 86 valence electrons. The van der Waals surface area contributed by atoms with Crippen LogP contribution in [-0.4, -0.2) is 9.78 Å². The largest absolute Gasteiger partial charge is 0.323 e. The summed E-state index contributed by atoms with van der Waals surface area (Å²) in [6.07, 6.45) is 8.03. The van der Waals surface area contributed by atoms with Crippen LogP contribution in [0.25, 0.3) is 0 Å². The van der Waals surface area contributed by atoms with E-state index in [4.69, 9.17) is 5.73 Å². The molecule has 0 radical (unpaired) electrons. The molecule has 0 saturated carbocycles. The van der Waals surface area contributed by atoms with Gasteiger partial charge in [-0.2, -0.15) is 5.10 Å². The van der Waals surface area contributed by atoms with Gasteiger partial charge in [0.25, 0.3) is 0 Å². The number of unbranched alkanes of at least 4 members (excludes halogenated alkanes) is 3. The molecular weight excluding hydrogens is 186 g/mol. The summed E-state index contributed by atoms with van der Waals surface area (Å²) < 4.78 is 1.99. The fourth-order valence-corrected chi connectivity index (χ4v) is 1.86. The topological polar surface area (TPSA) is 43.8 Å². The van der Waals surface area contributed by atoms with E-state index in [-0.39, 0.29) is 6.04 Å². The van der Waals surface area contributed by atoms with Crippen LogP contribution < -0.4 is 5.73 Å². The van der Waals surface area contributed by atoms with Crippen LogP contribution in [0.3, 0.4) is 0 Å². The van der Waals surface area contributed by atoms with Gasteiger partial charge in [-0.25, -0.2) is 0 Å². The number of aryl methyl sites for hydroxylation is 1. The predicted octanol–water partition coefficient (Wildman–Crippen LogP) is 2.87. The van der Waals surface area contributed by atoms with Crippen LogP contribution in [-0.2, 0) is 6.54 Å². The van der Waals surface area contributed by atoms with Crippen molar-refractivity contribution >= 4 is 0 Å². The van der Waals surface area contributed by atoms with E-state index in [0.717, 1.165) is 13.0 Å². The Balaban J connectivity index is 2.36. The Morgan fingerprint density at radius 3 is 2.80 bits per heavy atom. The third-order valence-electron chi connectivity index (χ3n) is 2.80. The lowest BCUT2D eigenvalue weighted by molar-refractivity contribution is 0.516. The maximum atomic E-state index is 6.14. The van der Waals surface area contributed by atoms with Crippen molar-refractivity contribution in [2.75, 3.05) is 0 Å². The molecule has 0 saturated heterocycles. The molecule has 0 spiro atoms. The van der Waals surface area contributed by atoms with E-state index in [1.165, 1.54) is 31.4 Å². The van der Waals surface area contributed by atoms with Crippen LogP contribution in [0, 0.1) is 0 Å². The highest BCUT2D eigenvalue weighted by atomic mass is 15.3. The molecule has 0 aliphatic heterocycles. The van der Waals surface area contributed by atoms with Gasteiger partial charge in [-0.1, -0.05) is 32.6 Å². The summed E-state index contributed by atoms with van der Waals surface area (Å²) in [5, 5.41) is 4.24. The van der Waals surface area contributed by atoms with Crippen molar-refractivity contribution in [3.8, 4) is 0 Å². The van der Waals surface area contributed by atoms with Gasteiger partial charge < -0.3 is 5.73 Å². The van der Waals surface area contributed by atoms with Crippen molar-refractivity contribution in [1.29, 1.82) is 0 Å². The summed E-state index contributed by atoms with van der Waals surface area (Å²) in [5.74, 6) is 0. The van der Waals surface area contributed by atoms with Crippen molar-refractivity contribution in [3.05, 3.63) is 18.0 Å². The maximum absolute atomic E-state index is 6.14. The predicted molar refractivity (Wildman–Crippen MR) is 63.6 cm³/mol. The zero-order chi connectivity index (χ0) is 11.1. The molecule has 0 aliphatic carbocycles. The van der Waals surface area contributed by atoms with Crippen molar-refractivity contribution in [2.45, 2.75) is 58.5 Å². The summed E-state index contributed by atoms with van der Waals surface area (Å²) in [6, 6.07) is 2.19. The van der Waals surface area contributed by atoms with E-state index >= 15 is 0 Å². The smallest absolute Gasteiger partial charge is 0.0551 e. The minimum absolute atomic E-state index is 0.157. The molecule has 2 N–H and O–H groups in total. The highest BCUT2D eigenvalue weighted by Gasteiger charge is 2.09. The van der Waals surface area contributed by atoms with Gasteiger partial charge in [-0.3, -0.25) is 4.68 Å². The first-order valence-corrected chi connectivity index (χ1v) is 6.06. The molecule has 1 unspecified atom stereocenters. The number of nitrogens with two attached hydrogens (primary N) is 1. The first-order chi connectivity index (χ1) is 7.29. The van der Waals surface area contributed by atoms with E-state index in [0.29, 0.717) is 0 Å². The Hall–Kier alpha value is -0.830. The summed E-state index contributed by atoms with van der Waals surface area (Å²) in [6.45, 7) is 5.23. The quantitative estimate of drug-likeness (QED) is 0.702. The van der Waals surface area contributed by atoms with E-state index in [9.17, 15) is 0 Å². The molecule has 0 amide bonds. The van der Waals surface area contributed by atoms with E-state index in [1.807, 2.05) is 16.9 Å². The lowest BCUT2D eigenvalue weighted by atomic mass is 10.1. The Morgan fingerprint density at radius 2 is 2.13 bits per heavy atom. The van der Waals surface area contributed by atoms with Gasteiger partial charge in [-0.15, -0.1) is 0 Å². The van der Waals surface area contributed by atoms with E-state index in [2.05, 4.69) is 18.9 Å². The second-order valence-corrected chi connectivity index (χ2v) is 4.03. The average Bonchev–Trinajstić information content (AvgIpc) is 2.72. The van der Waals surface area contributed by atoms with Crippen LogP contribution in [0.1, 0.15) is 57.7 Å². The second kappa shape index (κ2) is 6.62. The first kappa shape index (κ1) is 12.2. The average molecular weight is 209 g/mol. The van der Waals surface area contributed by atoms with Crippen LogP contribution in [0.4, 0.5) is 0 Å². The third-order valence-corrected chi connectivity index (χ3v) is 2.80. The van der Waals surface area contributed by atoms with Gasteiger partial charge in [0.2, 0.25) is 0 Å². The van der Waals surface area contributed by atoms with Crippen molar-refractivity contribution in [3.63, 3.8) is 0 Å². The van der Waals surface area contributed by atoms with E-state index < -0.39 is 0 Å². The van der Waals surface area contributed by atoms with E-state index in [1.54, 1.807) is 0 Å². The minimum Gasteiger partial charge on any atom is -0.323 e. The molecule has 1 aromatic rings. The zero-order valence-corrected chi connectivity index (χ0v) is 9.95. The van der Waals surface area contributed by atoms with Gasteiger partial charge in [0.15, 0.2) is 0 Å². The van der Waals surface area contributed by atoms with Crippen molar-refractivity contribution in [2.24, 2.45) is 5.73 Å². The molecular formula is C12H23N3. The van der Waals surface area contributed by atoms with Crippen LogP contribution in [0.2, 0.25) is 0 Å². The molecule has 0 bridgehead atoms. The van der Waals surface area contributed by atoms with Gasteiger partial charge in [0, 0.05) is 18.8 Å². The Labute approximate surface area is 92.7 Å². The lowest BCUT2D eigenvalue weighted by Gasteiger charge is -2.12. The molecule has 15 heavy (non-hydrogen) atoms. The fraction of sp³-hybridized carbons (Fsp3) is 0.750. The lowest BCUT2D eigenvalue weighted by Crippen LogP contribution is -2.15. The summed E-state index contributed by atoms with van der Waals surface area (Å²) >= 11 is 0. The molecule has 0 fully saturated rings. The molecule has 1 heterocycles. The van der Waals surface area contributed by atoms with Crippen molar-refractivity contribution in [1.82, 2.24) is 9.78 Å². The number of aromatic nitrogens is 2. The summed E-state index contributed by atoms with van der Waals surface area (Å²) in [7, 11) is 0. The number of rotatable bonds is 7. The third kappa shape index (κ3) is 3.67. The van der Waals surface area contributed by atoms with Gasteiger partial charge >= 0.3 is 0 Å². The molecule has 1 aromatic heterocycles. The summed E-state index contributed by atoms with van der Waals surface area (Å²) in [5.41, 5.74) is 7.31. The molecule has 3 nitrogen and oxygen atoms in total. The SMILES string of the molecule is CCCCCCC(N)c1ccnn1CC. The molecule has 1 atom stereocenters. The fourth-order valence-electron chi connectivity index (χ4n) is 1.86. The molecule has 1 rings (SSSR count). The first-order valence-electron chi connectivity index (χ1n) is 6.06. The zero-order valence-electron chi connectivity index (χ0n) is 9.95. The van der Waals surface area contributed by atoms with Crippen LogP contribution >= 0.6 is 0 Å². The van der Waals surface area contributed by atoms with Gasteiger partial charge in [0.1, 0.15) is 0 Å². The molecule has 3 heteroatoms. The molecule has 0 aliphatic rings. The minimum atomic E-state index is 0.157. The highest BCUT2D eigenvalue weighted by molar-refractivity contribution is 5.05. The maximum Gasteiger partial charge on any atom is 0.0551 e. The van der Waals surface area contributed by atoms with Crippen LogP contribution in [0.5, 0.6) is 0 Å². The van der Waals surface area contributed by atoms with Gasteiger partial charge in [0.05, 0.1) is 5.69 Å². The highest BCUT2D eigenvalue weighted by Crippen LogP contribution is 2.17. The number of nitrogens with zero attached hydrogens (tertiary/aromatic N) is 2. The van der Waals surface area contributed by atoms with Gasteiger partial charge in [-0.05, 0) is 19.4 Å². The Kier molecular flexibility index (Phi) is 5.40. The second-order valence-electron chi connectivity index (χ2n) is 4.03. The normalized spacial score (nSPS) is 13.0. The summed E-state index contributed by atoms with van der Waals surface area (Å²) in [4.78, 5) is 0. The monoisotopic (exact) mass is 209 g/mol. The molecule has 0 aromatic carbocycles. The van der Waals surface area contributed by atoms with Crippen molar-refractivity contribution < 1.29 is 0 Å².